The topological polar surface area (TPSA) is 306 Å². The van der Waals surface area contributed by atoms with Crippen LogP contribution in [0, 0.1) is 5.92 Å². The van der Waals surface area contributed by atoms with E-state index >= 15 is 0 Å². The maximum Gasteiger partial charge on any atom is 0.481 e. The number of aromatic nitrogens is 2. The molecule has 20 nitrogen and oxygen atoms in total. The van der Waals surface area contributed by atoms with Gasteiger partial charge < -0.3 is 50.2 Å². The molecule has 0 radical (unpaired) electrons. The normalized spacial score (nSPS) is 21.4. The summed E-state index contributed by atoms with van der Waals surface area (Å²) in [6.45, 7) is 3.97. The molecule has 1 fully saturated rings. The van der Waals surface area contributed by atoms with Crippen molar-refractivity contribution < 1.29 is 76.5 Å². The van der Waals surface area contributed by atoms with E-state index in [4.69, 9.17) is 29.0 Å². The number of nitrogen functional groups attached to an aromatic ring is 1. The van der Waals surface area contributed by atoms with Gasteiger partial charge in [-0.15, -0.1) is 0 Å². The standard InChI is InChI=1S/C47H75N3O17P2/c1-4-6-17-25-37(51)26-19-13-8-7-9-14-20-27-38(52)28-21-16-23-30-43(54)65-39(33-62-42(53)29-22-15-11-10-12-18-24-36(3)5-2)34-63-68(58,59)67-69(60,61)64-35-40-44(55)45(56)46(66-40)50-32-31-41(48)49-47(50)57/h6,8-9,13-14,17,19-21,26-28,31-32,36-40,44-46,51-52,55-56H,4-5,7,10-12,15-16,18,22-25,29-30,33-35H2,1-3H3,(H,58,59)(H,60,61)(H2,48,49,57)/b13-8-,14-9-,17-6-,26-19+,27-20+,28-21-/t36?,37-,38-,39+,40+,44+,45+,46+/m0/s1. The Kier molecular flexibility index (Phi) is 30.6. The number of aliphatic hydroxyl groups is 4. The zero-order chi connectivity index (χ0) is 51.1. The average molecular weight is 1020 g/mol. The van der Waals surface area contributed by atoms with Gasteiger partial charge in [-0.1, -0.05) is 139 Å². The number of unbranched alkanes of at least 4 members (excludes halogenated alkanes) is 6. The molecular formula is C47H75N3O17P2. The summed E-state index contributed by atoms with van der Waals surface area (Å²) >= 11 is 0. The van der Waals surface area contributed by atoms with Gasteiger partial charge in [-0.2, -0.15) is 9.29 Å². The molecule has 1 aliphatic rings. The Labute approximate surface area is 405 Å². The Balaban J connectivity index is 1.89. The van der Waals surface area contributed by atoms with E-state index in [1.807, 2.05) is 37.3 Å². The van der Waals surface area contributed by atoms with Crippen molar-refractivity contribution in [1.82, 2.24) is 9.55 Å². The van der Waals surface area contributed by atoms with Crippen molar-refractivity contribution in [2.24, 2.45) is 5.92 Å². The number of carbonyl (C=O) groups is 2. The van der Waals surface area contributed by atoms with Crippen LogP contribution >= 0.6 is 15.6 Å². The summed E-state index contributed by atoms with van der Waals surface area (Å²) in [5.41, 5.74) is 4.55. The molecule has 1 saturated heterocycles. The van der Waals surface area contributed by atoms with Crippen LogP contribution in [0.1, 0.15) is 123 Å². The molecule has 0 aromatic carbocycles. The lowest BCUT2D eigenvalue weighted by atomic mass is 10.00. The van der Waals surface area contributed by atoms with Gasteiger partial charge in [0.15, 0.2) is 12.3 Å². The molecule has 69 heavy (non-hydrogen) atoms. The van der Waals surface area contributed by atoms with E-state index < -0.39 is 95.9 Å². The molecule has 3 unspecified atom stereocenters. The lowest BCUT2D eigenvalue weighted by Gasteiger charge is -2.21. The van der Waals surface area contributed by atoms with Crippen LogP contribution in [0.3, 0.4) is 0 Å². The van der Waals surface area contributed by atoms with Gasteiger partial charge in [0.2, 0.25) is 0 Å². The van der Waals surface area contributed by atoms with Crippen molar-refractivity contribution in [3.63, 3.8) is 0 Å². The van der Waals surface area contributed by atoms with E-state index in [1.54, 1.807) is 42.5 Å². The van der Waals surface area contributed by atoms with Gasteiger partial charge in [-0.25, -0.2) is 13.9 Å². The Bertz CT molecular complexity index is 1990. The number of ether oxygens (including phenoxy) is 3. The SMILES string of the molecule is CC/C=C\C[C@H](O)/C=C/C=C\C/C=C\C=C\[C@H](O)/C=C\CCCC(=O)O[C@H](COC(=O)CCCCCCCCC(C)CC)COP(=O)(O)OP(=O)(O)OC[C@H]1O[C@@H](n2ccc(N)nc2=O)[C@H](O)[C@@H]1O. The molecule has 2 rings (SSSR count). The van der Waals surface area contributed by atoms with Crippen LogP contribution in [0.4, 0.5) is 5.82 Å². The van der Waals surface area contributed by atoms with Crippen LogP contribution in [-0.2, 0) is 46.3 Å². The van der Waals surface area contributed by atoms with Crippen LogP contribution in [0.25, 0.3) is 0 Å². The maximum absolute atomic E-state index is 12.8. The maximum atomic E-state index is 12.8. The lowest BCUT2D eigenvalue weighted by molar-refractivity contribution is -0.161. The number of phosphoric acid groups is 2. The fourth-order valence-corrected chi connectivity index (χ4v) is 8.55. The molecule has 2 heterocycles. The van der Waals surface area contributed by atoms with Crippen molar-refractivity contribution in [2.45, 2.75) is 160 Å². The van der Waals surface area contributed by atoms with Gasteiger partial charge in [0.1, 0.15) is 30.7 Å². The fraction of sp³-hybridized carbons (Fsp3) is 0.617. The highest BCUT2D eigenvalue weighted by atomic mass is 31.3. The number of phosphoric ester groups is 2. The summed E-state index contributed by atoms with van der Waals surface area (Å²) in [6.07, 6.45) is 23.9. The highest BCUT2D eigenvalue weighted by Gasteiger charge is 2.46. The number of rotatable bonds is 36. The quantitative estimate of drug-likeness (QED) is 0.0120. The second kappa shape index (κ2) is 34.4. The number of nitrogens with two attached hydrogens (primary N) is 1. The summed E-state index contributed by atoms with van der Waals surface area (Å²) in [7, 11) is -10.9. The first kappa shape index (κ1) is 61.2. The van der Waals surface area contributed by atoms with E-state index in [9.17, 15) is 53.7 Å². The highest BCUT2D eigenvalue weighted by molar-refractivity contribution is 7.61. The smallest absolute Gasteiger partial charge is 0.462 e. The molecule has 1 aromatic heterocycles. The largest absolute Gasteiger partial charge is 0.481 e. The second-order valence-electron chi connectivity index (χ2n) is 16.5. The Morgan fingerprint density at radius 3 is 2.20 bits per heavy atom. The molecule has 0 spiro atoms. The summed E-state index contributed by atoms with van der Waals surface area (Å²) in [5.74, 6) is -0.803. The summed E-state index contributed by atoms with van der Waals surface area (Å²) < 4.78 is 56.4. The third-order valence-electron chi connectivity index (χ3n) is 10.5. The Morgan fingerprint density at radius 1 is 0.841 bits per heavy atom. The highest BCUT2D eigenvalue weighted by Crippen LogP contribution is 2.60. The van der Waals surface area contributed by atoms with Crippen molar-refractivity contribution in [3.8, 4) is 0 Å². The Morgan fingerprint density at radius 2 is 1.51 bits per heavy atom. The summed E-state index contributed by atoms with van der Waals surface area (Å²) in [4.78, 5) is 61.7. The molecule has 1 aliphatic heterocycles. The van der Waals surface area contributed by atoms with Gasteiger partial charge >= 0.3 is 33.3 Å². The number of hydrogen-bond donors (Lipinski definition) is 7. The minimum Gasteiger partial charge on any atom is -0.462 e. The first-order chi connectivity index (χ1) is 32.9. The molecule has 0 aliphatic carbocycles. The minimum absolute atomic E-state index is 0.0783. The molecule has 390 valence electrons. The lowest BCUT2D eigenvalue weighted by Crippen LogP contribution is -2.36. The van der Waals surface area contributed by atoms with Gasteiger partial charge in [0.25, 0.3) is 0 Å². The van der Waals surface area contributed by atoms with Crippen LogP contribution in [0.5, 0.6) is 0 Å². The first-order valence-electron chi connectivity index (χ1n) is 23.6. The monoisotopic (exact) mass is 1020 g/mol. The summed E-state index contributed by atoms with van der Waals surface area (Å²) in [6, 6.07) is 1.23. The van der Waals surface area contributed by atoms with E-state index in [2.05, 4.69) is 23.1 Å². The molecule has 22 heteroatoms. The van der Waals surface area contributed by atoms with Crippen molar-refractivity contribution in [2.75, 3.05) is 25.6 Å². The van der Waals surface area contributed by atoms with E-state index in [0.717, 1.165) is 55.7 Å². The molecular weight excluding hydrogens is 940 g/mol. The molecule has 10 atom stereocenters. The molecule has 0 amide bonds. The number of esters is 2. The molecule has 0 bridgehead atoms. The average Bonchev–Trinajstić information content (AvgIpc) is 3.57. The second-order valence-corrected chi connectivity index (χ2v) is 19.6. The number of nitrogens with zero attached hydrogens (tertiary/aromatic N) is 2. The van der Waals surface area contributed by atoms with Gasteiger partial charge in [0.05, 0.1) is 25.4 Å². The van der Waals surface area contributed by atoms with Gasteiger partial charge in [-0.05, 0) is 50.5 Å². The van der Waals surface area contributed by atoms with Crippen LogP contribution < -0.4 is 11.4 Å². The number of allylic oxidation sites excluding steroid dienone is 8. The molecule has 0 saturated carbocycles. The van der Waals surface area contributed by atoms with Gasteiger partial charge in [0, 0.05) is 19.0 Å². The number of anilines is 1. The third kappa shape index (κ3) is 27.9. The predicted molar refractivity (Wildman–Crippen MR) is 259 cm³/mol. The van der Waals surface area contributed by atoms with Gasteiger partial charge in [-0.3, -0.25) is 23.2 Å². The zero-order valence-electron chi connectivity index (χ0n) is 40.0. The van der Waals surface area contributed by atoms with Crippen LogP contribution in [-0.4, -0.2) is 108 Å². The summed E-state index contributed by atoms with van der Waals surface area (Å²) in [5, 5.41) is 41.0. The third-order valence-corrected chi connectivity index (χ3v) is 13.1. The zero-order valence-corrected chi connectivity index (χ0v) is 41.8. The van der Waals surface area contributed by atoms with Crippen LogP contribution in [0.15, 0.2) is 90.0 Å². The number of aliphatic hydroxyl groups excluding tert-OH is 4. The van der Waals surface area contributed by atoms with E-state index in [-0.39, 0.29) is 25.1 Å². The van der Waals surface area contributed by atoms with Crippen LogP contribution in [0.2, 0.25) is 0 Å². The Hall–Kier alpha value is -3.88. The minimum atomic E-state index is -5.47. The number of hydrogen-bond acceptors (Lipinski definition) is 17. The van der Waals surface area contributed by atoms with E-state index in [0.29, 0.717) is 31.6 Å². The predicted octanol–water partition coefficient (Wildman–Crippen LogP) is 6.74. The first-order valence-corrected chi connectivity index (χ1v) is 26.6. The molecule has 1 aromatic rings. The fourth-order valence-electron chi connectivity index (χ4n) is 6.44. The number of carbonyl (C=O) groups excluding carboxylic acids is 2. The van der Waals surface area contributed by atoms with E-state index in [1.165, 1.54) is 12.5 Å². The van der Waals surface area contributed by atoms with Crippen molar-refractivity contribution in [1.29, 1.82) is 0 Å². The molecule has 8 N–H and O–H groups in total. The van der Waals surface area contributed by atoms with Crippen molar-refractivity contribution >= 4 is 33.4 Å². The van der Waals surface area contributed by atoms with Crippen molar-refractivity contribution in [3.05, 3.63) is 95.7 Å².